The van der Waals surface area contributed by atoms with Crippen molar-refractivity contribution in [2.75, 3.05) is 0 Å². The molecule has 3 fully saturated rings. The quantitative estimate of drug-likeness (QED) is 0.588. The molecular weight excluding hydrogens is 400 g/mol. The second-order valence-electron chi connectivity index (χ2n) is 10.4. The predicted molar refractivity (Wildman–Crippen MR) is 121 cm³/mol. The van der Waals surface area contributed by atoms with Crippen LogP contribution < -0.4 is 0 Å². The molecule has 0 radical (unpaired) electrons. The summed E-state index contributed by atoms with van der Waals surface area (Å²) in [5, 5.41) is 9.98. The smallest absolute Gasteiger partial charge is 0.331 e. The largest absolute Gasteiger partial charge is 0.478 e. The van der Waals surface area contributed by atoms with Crippen LogP contribution in [0.5, 0.6) is 0 Å². The number of epoxide rings is 2. The number of benzene rings is 2. The Bertz CT molecular complexity index is 1160. The molecule has 5 aliphatic rings. The zero-order valence-electron chi connectivity index (χ0n) is 18.3. The Kier molecular flexibility index (Phi) is 4.05. The van der Waals surface area contributed by atoms with Crippen LogP contribution in [0.15, 0.2) is 53.6 Å². The van der Waals surface area contributed by atoms with Gasteiger partial charge in [0.05, 0.1) is 18.3 Å². The van der Waals surface area contributed by atoms with Crippen molar-refractivity contribution in [1.29, 1.82) is 0 Å². The third-order valence-corrected chi connectivity index (χ3v) is 8.63. The fraction of sp³-hybridized carbons (Fsp3) is 0.464. The topological polar surface area (TPSA) is 62.4 Å². The molecule has 2 aromatic rings. The Morgan fingerprint density at radius 2 is 1.78 bits per heavy atom. The zero-order chi connectivity index (χ0) is 21.6. The maximum absolute atomic E-state index is 12.1. The first-order valence-corrected chi connectivity index (χ1v) is 12.1. The van der Waals surface area contributed by atoms with E-state index in [-0.39, 0.29) is 18.1 Å². The minimum absolute atomic E-state index is 0.0292. The lowest BCUT2D eigenvalue weighted by Gasteiger charge is -2.33. The summed E-state index contributed by atoms with van der Waals surface area (Å²) in [4.78, 5) is 12.1. The molecule has 7 unspecified atom stereocenters. The van der Waals surface area contributed by atoms with Crippen molar-refractivity contribution in [3.8, 4) is 11.1 Å². The molecule has 4 nitrogen and oxygen atoms in total. The second kappa shape index (κ2) is 6.79. The monoisotopic (exact) mass is 428 g/mol. The summed E-state index contributed by atoms with van der Waals surface area (Å²) < 4.78 is 11.9. The zero-order valence-corrected chi connectivity index (χ0v) is 18.3. The molecule has 0 aromatic heterocycles. The van der Waals surface area contributed by atoms with E-state index in [0.29, 0.717) is 29.6 Å². The molecule has 0 bridgehead atoms. The van der Waals surface area contributed by atoms with Crippen LogP contribution in [0.2, 0.25) is 0 Å². The number of aliphatic carboxylic acids is 1. The third-order valence-electron chi connectivity index (χ3n) is 8.63. The number of hydrogen-bond acceptors (Lipinski definition) is 3. The van der Waals surface area contributed by atoms with Crippen LogP contribution in [0, 0.1) is 11.8 Å². The first kappa shape index (κ1) is 19.1. The first-order chi connectivity index (χ1) is 15.6. The normalized spacial score (nSPS) is 36.1. The maximum Gasteiger partial charge on any atom is 0.331 e. The van der Waals surface area contributed by atoms with Gasteiger partial charge in [-0.05, 0) is 83.2 Å². The van der Waals surface area contributed by atoms with Crippen LogP contribution in [-0.2, 0) is 20.7 Å². The summed E-state index contributed by atoms with van der Waals surface area (Å²) in [6.07, 6.45) is 5.70. The highest BCUT2D eigenvalue weighted by Gasteiger charge is 2.53. The SMILES string of the molecule is CC1CC2OC2C(CC2CC3OC3CC2c2cccc3c2Cc2ccccc2-3)=C1C(=O)O. The molecule has 3 aliphatic carbocycles. The van der Waals surface area contributed by atoms with Crippen LogP contribution in [0.3, 0.4) is 0 Å². The summed E-state index contributed by atoms with van der Waals surface area (Å²) in [6.45, 7) is 2.04. The van der Waals surface area contributed by atoms with Gasteiger partial charge in [0.2, 0.25) is 0 Å². The van der Waals surface area contributed by atoms with Crippen molar-refractivity contribution in [2.24, 2.45) is 11.8 Å². The highest BCUT2D eigenvalue weighted by atomic mass is 16.6. The molecule has 7 atom stereocenters. The van der Waals surface area contributed by atoms with Gasteiger partial charge in [0.25, 0.3) is 0 Å². The van der Waals surface area contributed by atoms with E-state index in [0.717, 1.165) is 37.7 Å². The van der Waals surface area contributed by atoms with Crippen LogP contribution in [0.1, 0.15) is 55.2 Å². The van der Waals surface area contributed by atoms with Gasteiger partial charge in [0.1, 0.15) is 6.10 Å². The van der Waals surface area contributed by atoms with Crippen LogP contribution in [0.25, 0.3) is 11.1 Å². The standard InChI is InChI=1S/C28H28O4/c1-14-9-25-27(32-25)22(26(14)28(29)30)11-16-12-23-24(31-23)13-20(16)19-8-4-7-18-17-6-3-2-5-15(17)10-21(18)19/h2-8,14,16,20,23-25,27H,9-13H2,1H3,(H,29,30). The van der Waals surface area contributed by atoms with Crippen molar-refractivity contribution in [1.82, 2.24) is 0 Å². The summed E-state index contributed by atoms with van der Waals surface area (Å²) in [5.41, 5.74) is 8.74. The third kappa shape index (κ3) is 2.85. The van der Waals surface area contributed by atoms with Crippen LogP contribution in [-0.4, -0.2) is 35.5 Å². The number of carboxylic acid groups (broad SMARTS) is 1. The summed E-state index contributed by atoms with van der Waals surface area (Å²) in [6, 6.07) is 15.5. The number of carbonyl (C=O) groups is 1. The number of carboxylic acids is 1. The second-order valence-corrected chi connectivity index (χ2v) is 10.4. The van der Waals surface area contributed by atoms with Crippen molar-refractivity contribution in [3.63, 3.8) is 0 Å². The van der Waals surface area contributed by atoms with Gasteiger partial charge in [0.15, 0.2) is 0 Å². The van der Waals surface area contributed by atoms with Gasteiger partial charge in [-0.25, -0.2) is 4.79 Å². The Morgan fingerprint density at radius 1 is 0.969 bits per heavy atom. The highest BCUT2D eigenvalue weighted by Crippen LogP contribution is 2.54. The van der Waals surface area contributed by atoms with Gasteiger partial charge >= 0.3 is 5.97 Å². The van der Waals surface area contributed by atoms with Crippen LogP contribution >= 0.6 is 0 Å². The van der Waals surface area contributed by atoms with Gasteiger partial charge in [-0.15, -0.1) is 0 Å². The summed E-state index contributed by atoms with van der Waals surface area (Å²) >= 11 is 0. The molecule has 0 spiro atoms. The molecule has 2 saturated heterocycles. The molecule has 2 aliphatic heterocycles. The maximum atomic E-state index is 12.1. The predicted octanol–water partition coefficient (Wildman–Crippen LogP) is 5.10. The lowest BCUT2D eigenvalue weighted by atomic mass is 9.69. The van der Waals surface area contributed by atoms with E-state index in [1.165, 1.54) is 27.8 Å². The van der Waals surface area contributed by atoms with E-state index >= 15 is 0 Å². The molecule has 164 valence electrons. The summed E-state index contributed by atoms with van der Waals surface area (Å²) in [5.74, 6) is 0.104. The molecule has 1 saturated carbocycles. The van der Waals surface area contributed by atoms with E-state index in [1.54, 1.807) is 0 Å². The highest BCUT2D eigenvalue weighted by molar-refractivity contribution is 5.89. The fourth-order valence-electron chi connectivity index (χ4n) is 7.06. The van der Waals surface area contributed by atoms with E-state index in [1.807, 2.05) is 6.92 Å². The molecule has 4 heteroatoms. The van der Waals surface area contributed by atoms with Crippen molar-refractivity contribution in [2.45, 2.75) is 69.4 Å². The Morgan fingerprint density at radius 3 is 2.66 bits per heavy atom. The average molecular weight is 429 g/mol. The van der Waals surface area contributed by atoms with E-state index in [9.17, 15) is 9.90 Å². The average Bonchev–Trinajstić information content (AvgIpc) is 3.68. The Labute approximate surface area is 188 Å². The Hall–Kier alpha value is -2.43. The van der Waals surface area contributed by atoms with Gasteiger partial charge in [-0.2, -0.15) is 0 Å². The minimum Gasteiger partial charge on any atom is -0.478 e. The lowest BCUT2D eigenvalue weighted by Crippen LogP contribution is -2.28. The van der Waals surface area contributed by atoms with Gasteiger partial charge in [-0.3, -0.25) is 0 Å². The molecule has 32 heavy (non-hydrogen) atoms. The number of rotatable bonds is 4. The first-order valence-electron chi connectivity index (χ1n) is 12.1. The number of fused-ring (bicyclic) bond motifs is 5. The molecule has 2 heterocycles. The van der Waals surface area contributed by atoms with E-state index < -0.39 is 5.97 Å². The van der Waals surface area contributed by atoms with Crippen molar-refractivity contribution >= 4 is 5.97 Å². The Balaban J connectivity index is 1.27. The molecule has 1 N–H and O–H groups in total. The van der Waals surface area contributed by atoms with E-state index in [2.05, 4.69) is 42.5 Å². The van der Waals surface area contributed by atoms with Crippen LogP contribution in [0.4, 0.5) is 0 Å². The minimum atomic E-state index is -0.759. The fourth-order valence-corrected chi connectivity index (χ4v) is 7.06. The number of hydrogen-bond donors (Lipinski definition) is 1. The number of ether oxygens (including phenoxy) is 2. The molecular formula is C28H28O4. The molecule has 7 rings (SSSR count). The van der Waals surface area contributed by atoms with Gasteiger partial charge < -0.3 is 14.6 Å². The summed E-state index contributed by atoms with van der Waals surface area (Å²) in [7, 11) is 0. The van der Waals surface area contributed by atoms with E-state index in [4.69, 9.17) is 9.47 Å². The van der Waals surface area contributed by atoms with Crippen molar-refractivity contribution in [3.05, 3.63) is 70.3 Å². The molecule has 0 amide bonds. The van der Waals surface area contributed by atoms with Gasteiger partial charge in [0, 0.05) is 5.57 Å². The molecule has 2 aromatic carbocycles. The lowest BCUT2D eigenvalue weighted by molar-refractivity contribution is -0.133. The van der Waals surface area contributed by atoms with Gasteiger partial charge in [-0.1, -0.05) is 49.4 Å². The van der Waals surface area contributed by atoms with Crippen molar-refractivity contribution < 1.29 is 19.4 Å².